The molecule has 0 aromatic carbocycles. The number of rotatable bonds is 3. The fourth-order valence-electron chi connectivity index (χ4n) is 2.02. The van der Waals surface area contributed by atoms with Gasteiger partial charge in [-0.05, 0) is 53.0 Å². The first kappa shape index (κ1) is 25.4. The molecule has 152 valence electrons. The van der Waals surface area contributed by atoms with Crippen molar-refractivity contribution >= 4 is 25.1 Å². The van der Waals surface area contributed by atoms with Gasteiger partial charge in [-0.1, -0.05) is 25.4 Å². The second kappa shape index (κ2) is 11.3. The standard InChI is InChI=1S/C12H15BN2O2.C6H14O2.C2H6/c1-17-12(16)11-9(13)5-6-10(14-11)15-7-3-2-4-8-15;1-5(2,7)6(3,4)8;1-2/h5-6H,2-4,7-8H2,1H3;7-8H,1-4H3;1-2H3. The lowest BCUT2D eigenvalue weighted by Crippen LogP contribution is -2.44. The predicted octanol–water partition coefficient (Wildman–Crippen LogP) is 2.21. The van der Waals surface area contributed by atoms with Crippen LogP contribution in [0.4, 0.5) is 5.82 Å². The number of esters is 1. The van der Waals surface area contributed by atoms with Crippen LogP contribution in [-0.4, -0.2) is 60.4 Å². The van der Waals surface area contributed by atoms with E-state index in [9.17, 15) is 4.79 Å². The van der Waals surface area contributed by atoms with Crippen molar-refractivity contribution in [1.29, 1.82) is 0 Å². The molecule has 2 N–H and O–H groups in total. The number of carbonyl (C=O) groups excluding carboxylic acids is 1. The van der Waals surface area contributed by atoms with Crippen molar-refractivity contribution in [3.63, 3.8) is 0 Å². The summed E-state index contributed by atoms with van der Waals surface area (Å²) in [5, 5.41) is 18.2. The Morgan fingerprint density at radius 2 is 1.56 bits per heavy atom. The smallest absolute Gasteiger partial charge is 0.356 e. The first-order chi connectivity index (χ1) is 12.5. The van der Waals surface area contributed by atoms with Crippen LogP contribution in [-0.2, 0) is 4.74 Å². The molecule has 0 atom stereocenters. The average Bonchev–Trinajstić information content (AvgIpc) is 2.63. The maximum absolute atomic E-state index is 11.5. The molecule has 0 saturated carbocycles. The molecule has 2 heterocycles. The molecular weight excluding hydrogens is 343 g/mol. The predicted molar refractivity (Wildman–Crippen MR) is 111 cm³/mol. The number of anilines is 1. The van der Waals surface area contributed by atoms with Crippen molar-refractivity contribution in [2.45, 2.75) is 72.0 Å². The van der Waals surface area contributed by atoms with Gasteiger partial charge < -0.3 is 19.8 Å². The Kier molecular flexibility index (Phi) is 10.6. The van der Waals surface area contributed by atoms with Gasteiger partial charge in [-0.2, -0.15) is 0 Å². The SMILES string of the molecule is CC.CC(C)(O)C(C)(C)O.[B]c1ccc(N2CCCCC2)nc1C(=O)OC. The summed E-state index contributed by atoms with van der Waals surface area (Å²) in [4.78, 5) is 18.0. The zero-order valence-corrected chi connectivity index (χ0v) is 17.9. The lowest BCUT2D eigenvalue weighted by Gasteiger charge is -2.31. The van der Waals surface area contributed by atoms with Gasteiger partial charge in [-0.3, -0.25) is 0 Å². The Morgan fingerprint density at radius 1 is 1.07 bits per heavy atom. The average molecular weight is 378 g/mol. The van der Waals surface area contributed by atoms with Crippen molar-refractivity contribution in [2.75, 3.05) is 25.1 Å². The fourth-order valence-corrected chi connectivity index (χ4v) is 2.02. The second-order valence-corrected chi connectivity index (χ2v) is 7.26. The van der Waals surface area contributed by atoms with Crippen molar-refractivity contribution in [2.24, 2.45) is 0 Å². The van der Waals surface area contributed by atoms with E-state index in [0.717, 1.165) is 18.9 Å². The van der Waals surface area contributed by atoms with Gasteiger partial charge in [0.05, 0.1) is 18.3 Å². The first-order valence-electron chi connectivity index (χ1n) is 9.52. The zero-order valence-electron chi connectivity index (χ0n) is 17.9. The number of hydrogen-bond acceptors (Lipinski definition) is 6. The molecule has 0 unspecified atom stereocenters. The van der Waals surface area contributed by atoms with Crippen LogP contribution in [0.15, 0.2) is 12.1 Å². The minimum Gasteiger partial charge on any atom is -0.464 e. The number of hydrogen-bond donors (Lipinski definition) is 2. The third-order valence-corrected chi connectivity index (χ3v) is 4.47. The van der Waals surface area contributed by atoms with Crippen LogP contribution in [0.1, 0.15) is 71.3 Å². The van der Waals surface area contributed by atoms with Crippen molar-refractivity contribution in [3.8, 4) is 0 Å². The number of nitrogens with zero attached hydrogens (tertiary/aromatic N) is 2. The van der Waals surface area contributed by atoms with Crippen LogP contribution < -0.4 is 10.4 Å². The minimum atomic E-state index is -1.01. The quantitative estimate of drug-likeness (QED) is 0.620. The van der Waals surface area contributed by atoms with Crippen LogP contribution in [0.2, 0.25) is 0 Å². The molecule has 6 nitrogen and oxygen atoms in total. The number of piperidine rings is 1. The van der Waals surface area contributed by atoms with Gasteiger partial charge in [0, 0.05) is 13.1 Å². The minimum absolute atomic E-state index is 0.204. The Hall–Kier alpha value is -1.60. The zero-order chi connectivity index (χ0) is 21.3. The van der Waals surface area contributed by atoms with Crippen LogP contribution in [0, 0.1) is 0 Å². The monoisotopic (exact) mass is 378 g/mol. The molecule has 1 aromatic rings. The van der Waals surface area contributed by atoms with E-state index in [2.05, 4.69) is 14.6 Å². The van der Waals surface area contributed by atoms with E-state index in [4.69, 9.17) is 18.1 Å². The lowest BCUT2D eigenvalue weighted by molar-refractivity contribution is -0.107. The van der Waals surface area contributed by atoms with Gasteiger partial charge >= 0.3 is 5.97 Å². The molecule has 1 aliphatic heterocycles. The molecule has 0 amide bonds. The van der Waals surface area contributed by atoms with Crippen LogP contribution in [0.25, 0.3) is 0 Å². The number of pyridine rings is 1. The van der Waals surface area contributed by atoms with Gasteiger partial charge in [-0.15, -0.1) is 0 Å². The maximum Gasteiger partial charge on any atom is 0.356 e. The summed E-state index contributed by atoms with van der Waals surface area (Å²) in [5.41, 5.74) is -1.45. The molecule has 1 fully saturated rings. The highest BCUT2D eigenvalue weighted by Gasteiger charge is 2.31. The highest BCUT2D eigenvalue weighted by atomic mass is 16.5. The molecule has 0 bridgehead atoms. The third kappa shape index (κ3) is 8.31. The molecule has 1 aliphatic rings. The highest BCUT2D eigenvalue weighted by molar-refractivity contribution is 6.35. The number of ether oxygens (including phenoxy) is 1. The number of aromatic nitrogens is 1. The Morgan fingerprint density at radius 3 is 1.96 bits per heavy atom. The molecule has 27 heavy (non-hydrogen) atoms. The molecule has 7 heteroatoms. The molecular formula is C20H35BN2O4. The van der Waals surface area contributed by atoms with Gasteiger partial charge in [0.25, 0.3) is 0 Å². The van der Waals surface area contributed by atoms with Crippen molar-refractivity contribution in [3.05, 3.63) is 17.8 Å². The normalized spacial score (nSPS) is 14.3. The van der Waals surface area contributed by atoms with Crippen molar-refractivity contribution < 1.29 is 19.7 Å². The molecule has 2 rings (SSSR count). The number of carbonyl (C=O) groups is 1. The molecule has 2 radical (unpaired) electrons. The van der Waals surface area contributed by atoms with Gasteiger partial charge in [0.2, 0.25) is 0 Å². The summed E-state index contributed by atoms with van der Waals surface area (Å²) in [6, 6.07) is 3.57. The Bertz CT molecular complexity index is 562. The highest BCUT2D eigenvalue weighted by Crippen LogP contribution is 2.19. The molecule has 0 aliphatic carbocycles. The number of methoxy groups -OCH3 is 1. The summed E-state index contributed by atoms with van der Waals surface area (Å²) in [6.07, 6.45) is 3.59. The van der Waals surface area contributed by atoms with E-state index in [-0.39, 0.29) is 5.69 Å². The van der Waals surface area contributed by atoms with E-state index in [1.165, 1.54) is 26.4 Å². The summed E-state index contributed by atoms with van der Waals surface area (Å²) in [5.74, 6) is 0.320. The summed E-state index contributed by atoms with van der Waals surface area (Å²) in [7, 11) is 7.04. The third-order valence-electron chi connectivity index (χ3n) is 4.47. The lowest BCUT2D eigenvalue weighted by atomic mass is 9.90. The van der Waals surface area contributed by atoms with E-state index in [1.54, 1.807) is 33.8 Å². The van der Waals surface area contributed by atoms with Crippen LogP contribution in [0.5, 0.6) is 0 Å². The first-order valence-corrected chi connectivity index (χ1v) is 9.52. The largest absolute Gasteiger partial charge is 0.464 e. The van der Waals surface area contributed by atoms with Gasteiger partial charge in [0.15, 0.2) is 0 Å². The fraction of sp³-hybridized carbons (Fsp3) is 0.700. The molecule has 1 saturated heterocycles. The van der Waals surface area contributed by atoms with Crippen molar-refractivity contribution in [1.82, 2.24) is 4.98 Å². The van der Waals surface area contributed by atoms with Gasteiger partial charge in [0.1, 0.15) is 19.4 Å². The van der Waals surface area contributed by atoms with Gasteiger partial charge in [-0.25, -0.2) is 9.78 Å². The maximum atomic E-state index is 11.5. The Balaban J connectivity index is 0.000000574. The van der Waals surface area contributed by atoms with E-state index >= 15 is 0 Å². The van der Waals surface area contributed by atoms with E-state index in [1.807, 2.05) is 19.9 Å². The molecule has 0 spiro atoms. The second-order valence-electron chi connectivity index (χ2n) is 7.26. The summed E-state index contributed by atoms with van der Waals surface area (Å²) >= 11 is 0. The summed E-state index contributed by atoms with van der Waals surface area (Å²) < 4.78 is 4.66. The topological polar surface area (TPSA) is 82.9 Å². The molecule has 1 aromatic heterocycles. The number of aliphatic hydroxyl groups is 2. The van der Waals surface area contributed by atoms with E-state index < -0.39 is 17.2 Å². The van der Waals surface area contributed by atoms with E-state index in [0.29, 0.717) is 5.46 Å². The van der Waals surface area contributed by atoms with Crippen LogP contribution in [0.3, 0.4) is 0 Å². The van der Waals surface area contributed by atoms with Crippen LogP contribution >= 0.6 is 0 Å². The Labute approximate surface area is 165 Å². The summed E-state index contributed by atoms with van der Waals surface area (Å²) in [6.45, 7) is 12.3.